The van der Waals surface area contributed by atoms with Crippen molar-refractivity contribution in [3.63, 3.8) is 0 Å². The van der Waals surface area contributed by atoms with Crippen molar-refractivity contribution in [3.8, 4) is 22.3 Å². The molecule has 0 bridgehead atoms. The number of nitrogens with zero attached hydrogens (tertiary/aromatic N) is 1. The fourth-order valence-corrected chi connectivity index (χ4v) is 8.72. The lowest BCUT2D eigenvalue weighted by Gasteiger charge is -2.29. The van der Waals surface area contributed by atoms with E-state index in [0.717, 1.165) is 44.4 Å². The first-order valence-corrected chi connectivity index (χ1v) is 16.9. The van der Waals surface area contributed by atoms with Crippen molar-refractivity contribution in [2.45, 2.75) is 38.5 Å². The van der Waals surface area contributed by atoms with Crippen LogP contribution in [0, 0.1) is 0 Å². The van der Waals surface area contributed by atoms with E-state index in [1.54, 1.807) is 0 Å². The molecule has 10 rings (SSSR count). The van der Waals surface area contributed by atoms with Gasteiger partial charge in [-0.3, -0.25) is 0 Å². The van der Waals surface area contributed by atoms with Gasteiger partial charge >= 0.3 is 0 Å². The molecule has 2 nitrogen and oxygen atoms in total. The third kappa shape index (κ3) is 3.69. The standard InChI is InChI=1S/C46H35NO/c1-45(2)40-15-9-6-12-34(40)37-26-31(20-22-41(37)45)47(32-19-21-35-33-11-5-8-14-39(33)46(3,4)42(35)27-32)30-18-17-28-24-38-36-13-7-10-16-43(36)48-44(38)25-29(28)23-30/h5-27H,1-4H3. The van der Waals surface area contributed by atoms with E-state index in [-0.39, 0.29) is 10.8 Å². The van der Waals surface area contributed by atoms with Gasteiger partial charge in [0.15, 0.2) is 0 Å². The van der Waals surface area contributed by atoms with Crippen LogP contribution in [0.5, 0.6) is 0 Å². The summed E-state index contributed by atoms with van der Waals surface area (Å²) in [5, 5.41) is 4.67. The molecule has 1 aromatic heterocycles. The van der Waals surface area contributed by atoms with Gasteiger partial charge in [0.2, 0.25) is 0 Å². The van der Waals surface area contributed by atoms with E-state index in [0.29, 0.717) is 0 Å². The number of rotatable bonds is 3. The summed E-state index contributed by atoms with van der Waals surface area (Å²) < 4.78 is 6.32. The SMILES string of the molecule is CC1(C)c2ccccc2-c2cc(N(c3ccc4c(c3)C(C)(C)c3ccccc3-4)c3ccc4cc5c(cc4c3)oc3ccccc35)ccc21. The van der Waals surface area contributed by atoms with E-state index in [1.165, 1.54) is 49.9 Å². The zero-order chi connectivity index (χ0) is 32.4. The van der Waals surface area contributed by atoms with Crippen LogP contribution in [0.2, 0.25) is 0 Å². The highest BCUT2D eigenvalue weighted by Gasteiger charge is 2.37. The quantitative estimate of drug-likeness (QED) is 0.196. The summed E-state index contributed by atoms with van der Waals surface area (Å²) in [6.07, 6.45) is 0. The highest BCUT2D eigenvalue weighted by Crippen LogP contribution is 2.53. The van der Waals surface area contributed by atoms with Gasteiger partial charge in [-0.05, 0) is 110 Å². The summed E-state index contributed by atoms with van der Waals surface area (Å²) in [6, 6.07) is 51.5. The van der Waals surface area contributed by atoms with E-state index in [1.807, 2.05) is 12.1 Å². The second-order valence-corrected chi connectivity index (χ2v) is 14.6. The van der Waals surface area contributed by atoms with Crippen LogP contribution in [0.15, 0.2) is 144 Å². The van der Waals surface area contributed by atoms with Crippen molar-refractivity contribution in [1.82, 2.24) is 0 Å². The molecule has 230 valence electrons. The van der Waals surface area contributed by atoms with E-state index in [2.05, 4.69) is 160 Å². The largest absolute Gasteiger partial charge is 0.456 e. The Bertz CT molecular complexity index is 2630. The number of furan rings is 1. The second-order valence-electron chi connectivity index (χ2n) is 14.6. The lowest BCUT2D eigenvalue weighted by Crippen LogP contribution is -2.17. The van der Waals surface area contributed by atoms with Gasteiger partial charge < -0.3 is 9.32 Å². The first-order valence-electron chi connectivity index (χ1n) is 16.9. The molecule has 0 atom stereocenters. The number of hydrogen-bond donors (Lipinski definition) is 0. The van der Waals surface area contributed by atoms with E-state index in [9.17, 15) is 0 Å². The molecule has 2 heteroatoms. The molecule has 48 heavy (non-hydrogen) atoms. The third-order valence-electron chi connectivity index (χ3n) is 11.2. The molecular weight excluding hydrogens is 583 g/mol. The van der Waals surface area contributed by atoms with Gasteiger partial charge in [0, 0.05) is 38.7 Å². The Kier molecular flexibility index (Phi) is 5.44. The topological polar surface area (TPSA) is 16.4 Å². The minimum absolute atomic E-state index is 0.0421. The van der Waals surface area contributed by atoms with Crippen molar-refractivity contribution >= 4 is 49.8 Å². The summed E-state index contributed by atoms with van der Waals surface area (Å²) in [5.74, 6) is 0. The molecule has 0 N–H and O–H groups in total. The second kappa shape index (κ2) is 9.49. The molecule has 2 aliphatic rings. The minimum atomic E-state index is -0.0925. The Balaban J connectivity index is 1.19. The molecule has 0 saturated carbocycles. The fourth-order valence-electron chi connectivity index (χ4n) is 8.72. The van der Waals surface area contributed by atoms with Crippen molar-refractivity contribution in [2.75, 3.05) is 4.90 Å². The summed E-state index contributed by atoms with van der Waals surface area (Å²) in [4.78, 5) is 2.44. The monoisotopic (exact) mass is 617 g/mol. The smallest absolute Gasteiger partial charge is 0.136 e. The highest BCUT2D eigenvalue weighted by atomic mass is 16.3. The third-order valence-corrected chi connectivity index (χ3v) is 11.2. The van der Waals surface area contributed by atoms with Gasteiger partial charge in [-0.1, -0.05) is 113 Å². The van der Waals surface area contributed by atoms with Crippen LogP contribution in [0.1, 0.15) is 49.9 Å². The van der Waals surface area contributed by atoms with Crippen molar-refractivity contribution in [3.05, 3.63) is 162 Å². The summed E-state index contributed by atoms with van der Waals surface area (Å²) >= 11 is 0. The first kappa shape index (κ1) is 27.5. The predicted molar refractivity (Wildman–Crippen MR) is 201 cm³/mol. The van der Waals surface area contributed by atoms with Gasteiger partial charge in [-0.15, -0.1) is 0 Å². The van der Waals surface area contributed by atoms with Gasteiger partial charge in [-0.2, -0.15) is 0 Å². The zero-order valence-corrected chi connectivity index (χ0v) is 27.6. The lowest BCUT2D eigenvalue weighted by molar-refractivity contribution is 0.660. The molecular formula is C46H35NO. The maximum absolute atomic E-state index is 6.32. The Morgan fingerprint density at radius 3 is 1.79 bits per heavy atom. The molecule has 2 aliphatic carbocycles. The highest BCUT2D eigenvalue weighted by molar-refractivity contribution is 6.10. The predicted octanol–water partition coefficient (Wildman–Crippen LogP) is 12.8. The molecule has 0 radical (unpaired) electrons. The summed E-state index contributed by atoms with van der Waals surface area (Å²) in [5.41, 5.74) is 16.0. The van der Waals surface area contributed by atoms with Crippen LogP contribution in [-0.2, 0) is 10.8 Å². The number of benzene rings is 7. The number of anilines is 3. The van der Waals surface area contributed by atoms with Gasteiger partial charge in [0.25, 0.3) is 0 Å². The van der Waals surface area contributed by atoms with Crippen LogP contribution >= 0.6 is 0 Å². The Morgan fingerprint density at radius 2 is 0.979 bits per heavy atom. The van der Waals surface area contributed by atoms with E-state index >= 15 is 0 Å². The summed E-state index contributed by atoms with van der Waals surface area (Å²) in [7, 11) is 0. The number of fused-ring (bicyclic) bond motifs is 10. The Morgan fingerprint density at radius 1 is 0.396 bits per heavy atom. The number of para-hydroxylation sites is 1. The van der Waals surface area contributed by atoms with Crippen molar-refractivity contribution < 1.29 is 4.42 Å². The van der Waals surface area contributed by atoms with Gasteiger partial charge in [0.1, 0.15) is 11.2 Å². The maximum atomic E-state index is 6.32. The van der Waals surface area contributed by atoms with Gasteiger partial charge in [-0.25, -0.2) is 0 Å². The molecule has 0 aliphatic heterocycles. The fraction of sp³-hybridized carbons (Fsp3) is 0.130. The average molecular weight is 618 g/mol. The molecule has 7 aromatic carbocycles. The van der Waals surface area contributed by atoms with Crippen LogP contribution in [0.25, 0.3) is 55.0 Å². The lowest BCUT2D eigenvalue weighted by atomic mass is 9.82. The van der Waals surface area contributed by atoms with Crippen molar-refractivity contribution in [1.29, 1.82) is 0 Å². The normalized spacial score (nSPS) is 15.0. The Hall–Kier alpha value is -5.60. The molecule has 0 fully saturated rings. The average Bonchev–Trinajstić information content (AvgIpc) is 3.66. The van der Waals surface area contributed by atoms with E-state index < -0.39 is 0 Å². The van der Waals surface area contributed by atoms with Crippen molar-refractivity contribution in [2.24, 2.45) is 0 Å². The first-order chi connectivity index (χ1) is 23.3. The van der Waals surface area contributed by atoms with E-state index in [4.69, 9.17) is 4.42 Å². The molecule has 0 amide bonds. The summed E-state index contributed by atoms with van der Waals surface area (Å²) in [6.45, 7) is 9.40. The van der Waals surface area contributed by atoms with Crippen LogP contribution in [-0.4, -0.2) is 0 Å². The maximum Gasteiger partial charge on any atom is 0.136 e. The van der Waals surface area contributed by atoms with Crippen LogP contribution in [0.3, 0.4) is 0 Å². The zero-order valence-electron chi connectivity index (χ0n) is 27.6. The molecule has 0 unspecified atom stereocenters. The molecule has 1 heterocycles. The molecule has 0 spiro atoms. The van der Waals surface area contributed by atoms with Crippen LogP contribution < -0.4 is 4.90 Å². The molecule has 8 aromatic rings. The number of hydrogen-bond acceptors (Lipinski definition) is 2. The van der Waals surface area contributed by atoms with Gasteiger partial charge in [0.05, 0.1) is 0 Å². The Labute approximate surface area is 280 Å². The minimum Gasteiger partial charge on any atom is -0.456 e. The molecule has 0 saturated heterocycles. The van der Waals surface area contributed by atoms with Crippen LogP contribution in [0.4, 0.5) is 17.1 Å².